The van der Waals surface area contributed by atoms with E-state index < -0.39 is 0 Å². The van der Waals surface area contributed by atoms with Crippen LogP contribution in [0, 0.1) is 0 Å². The van der Waals surface area contributed by atoms with Crippen molar-refractivity contribution in [2.24, 2.45) is 0 Å². The lowest BCUT2D eigenvalue weighted by Crippen LogP contribution is -2.17. The van der Waals surface area contributed by atoms with Crippen LogP contribution >= 0.6 is 0 Å². The molecule has 0 bridgehead atoms. The van der Waals surface area contributed by atoms with Crippen LogP contribution in [0.25, 0.3) is 16.8 Å². The first-order valence-electron chi connectivity index (χ1n) is 8.92. The van der Waals surface area contributed by atoms with Crippen molar-refractivity contribution in [3.8, 4) is 5.75 Å². The van der Waals surface area contributed by atoms with Gasteiger partial charge in [0.25, 0.3) is 0 Å². The number of hydrogen-bond donors (Lipinski definition) is 1. The Morgan fingerprint density at radius 2 is 2.08 bits per heavy atom. The third-order valence-corrected chi connectivity index (χ3v) is 4.18. The first-order valence-corrected chi connectivity index (χ1v) is 8.92. The minimum absolute atomic E-state index is 0.297. The highest BCUT2D eigenvalue weighted by Crippen LogP contribution is 2.25. The summed E-state index contributed by atoms with van der Waals surface area (Å²) in [6, 6.07) is 10.5. The molecule has 0 saturated heterocycles. The second-order valence-electron chi connectivity index (χ2n) is 6.25. The van der Waals surface area contributed by atoms with Crippen LogP contribution in [0.4, 0.5) is 5.82 Å². The van der Waals surface area contributed by atoms with Gasteiger partial charge in [-0.25, -0.2) is 9.97 Å². The Kier molecular flexibility index (Phi) is 5.79. The monoisotopic (exact) mass is 348 g/mol. The first kappa shape index (κ1) is 17.9. The molecule has 1 N–H and O–H groups in total. The normalized spacial score (nSPS) is 11.9. The van der Waals surface area contributed by atoms with E-state index in [1.807, 2.05) is 18.2 Å². The van der Waals surface area contributed by atoms with Gasteiger partial charge in [0.1, 0.15) is 6.61 Å². The maximum absolute atomic E-state index is 6.03. The van der Waals surface area contributed by atoms with Gasteiger partial charge >= 0.3 is 0 Å². The summed E-state index contributed by atoms with van der Waals surface area (Å²) >= 11 is 0. The Morgan fingerprint density at radius 3 is 2.88 bits per heavy atom. The van der Waals surface area contributed by atoms with E-state index in [2.05, 4.69) is 52.8 Å². The van der Waals surface area contributed by atoms with Gasteiger partial charge in [-0.1, -0.05) is 44.2 Å². The van der Waals surface area contributed by atoms with E-state index >= 15 is 0 Å². The van der Waals surface area contributed by atoms with Crippen LogP contribution in [-0.2, 0) is 6.61 Å². The highest BCUT2D eigenvalue weighted by Gasteiger charge is 2.12. The van der Waals surface area contributed by atoms with E-state index in [1.54, 1.807) is 18.5 Å². The summed E-state index contributed by atoms with van der Waals surface area (Å²) in [6.07, 6.45) is 7.28. The number of nitrogens with zero attached hydrogens (tertiary/aromatic N) is 3. The first-order chi connectivity index (χ1) is 12.7. The molecular weight excluding hydrogens is 324 g/mol. The number of aromatic nitrogens is 3. The Balaban J connectivity index is 1.83. The number of rotatable bonds is 8. The molecule has 0 saturated carbocycles. The fraction of sp³-hybridized carbons (Fsp3) is 0.286. The molecule has 0 spiro atoms. The zero-order valence-electron chi connectivity index (χ0n) is 15.3. The van der Waals surface area contributed by atoms with Crippen LogP contribution in [0.5, 0.6) is 5.75 Å². The smallest absolute Gasteiger partial charge is 0.180 e. The van der Waals surface area contributed by atoms with Crippen molar-refractivity contribution >= 4 is 22.7 Å². The van der Waals surface area contributed by atoms with Gasteiger partial charge in [0.2, 0.25) is 0 Å². The number of pyridine rings is 1. The van der Waals surface area contributed by atoms with Crippen LogP contribution in [-0.4, -0.2) is 21.0 Å². The van der Waals surface area contributed by atoms with Crippen molar-refractivity contribution in [2.45, 2.75) is 39.3 Å². The number of benzene rings is 1. The minimum atomic E-state index is 0.297. The lowest BCUT2D eigenvalue weighted by Gasteiger charge is -2.17. The topological polar surface area (TPSA) is 59.9 Å². The molecule has 134 valence electrons. The Hall–Kier alpha value is -2.95. The van der Waals surface area contributed by atoms with Crippen molar-refractivity contribution in [1.29, 1.82) is 0 Å². The molecule has 26 heavy (non-hydrogen) atoms. The summed E-state index contributed by atoms with van der Waals surface area (Å²) in [5, 5.41) is 5.65. The molecule has 3 rings (SSSR count). The lowest BCUT2D eigenvalue weighted by atomic mass is 10.1. The van der Waals surface area contributed by atoms with E-state index in [0.29, 0.717) is 30.0 Å². The summed E-state index contributed by atoms with van der Waals surface area (Å²) in [4.78, 5) is 13.2. The molecule has 0 amide bonds. The summed E-state index contributed by atoms with van der Waals surface area (Å²) < 4.78 is 6.03. The summed E-state index contributed by atoms with van der Waals surface area (Å²) in [6.45, 7) is 8.40. The highest BCUT2D eigenvalue weighted by molar-refractivity contribution is 5.84. The van der Waals surface area contributed by atoms with E-state index in [9.17, 15) is 0 Å². The zero-order chi connectivity index (χ0) is 18.4. The summed E-state index contributed by atoms with van der Waals surface area (Å²) in [5.74, 6) is 1.89. The zero-order valence-corrected chi connectivity index (χ0v) is 15.3. The third-order valence-electron chi connectivity index (χ3n) is 4.18. The summed E-state index contributed by atoms with van der Waals surface area (Å²) in [5.41, 5.74) is 0.892. The molecule has 0 aliphatic heterocycles. The average molecular weight is 348 g/mol. The fourth-order valence-corrected chi connectivity index (χ4v) is 2.87. The molecule has 0 aliphatic rings. The van der Waals surface area contributed by atoms with Crippen molar-refractivity contribution < 1.29 is 4.74 Å². The Morgan fingerprint density at radius 1 is 1.23 bits per heavy atom. The second kappa shape index (κ2) is 8.43. The fourth-order valence-electron chi connectivity index (χ4n) is 2.87. The maximum atomic E-state index is 6.03. The standard InChI is InChI=1S/C21H24N4O/c1-4-8-15(3)24-21-19(13-23-20(5-2)25-21)26-14-18-17-10-7-6-9-16(17)11-12-22-18/h5-7,9-13,15H,2,4,8,14H2,1,3H3,(H,23,24,25)/t15-/m0/s1. The quantitative estimate of drug-likeness (QED) is 0.631. The van der Waals surface area contributed by atoms with Gasteiger partial charge in [-0.3, -0.25) is 4.98 Å². The Labute approximate surface area is 154 Å². The van der Waals surface area contributed by atoms with Crippen molar-refractivity contribution in [3.63, 3.8) is 0 Å². The molecule has 3 aromatic rings. The predicted octanol–water partition coefficient (Wildman–Crippen LogP) is 4.85. The molecule has 1 atom stereocenters. The molecule has 0 unspecified atom stereocenters. The van der Waals surface area contributed by atoms with Crippen LogP contribution in [0.2, 0.25) is 0 Å². The van der Waals surface area contributed by atoms with Crippen LogP contribution in [0.3, 0.4) is 0 Å². The largest absolute Gasteiger partial charge is 0.482 e. The molecule has 5 heteroatoms. The van der Waals surface area contributed by atoms with Crippen LogP contribution in [0.1, 0.15) is 38.2 Å². The minimum Gasteiger partial charge on any atom is -0.482 e. The highest BCUT2D eigenvalue weighted by atomic mass is 16.5. The predicted molar refractivity (Wildman–Crippen MR) is 106 cm³/mol. The Bertz CT molecular complexity index is 889. The lowest BCUT2D eigenvalue weighted by molar-refractivity contribution is 0.301. The van der Waals surface area contributed by atoms with Gasteiger partial charge in [-0.05, 0) is 30.9 Å². The van der Waals surface area contributed by atoms with E-state index in [-0.39, 0.29) is 0 Å². The van der Waals surface area contributed by atoms with Gasteiger partial charge in [0.15, 0.2) is 17.4 Å². The molecule has 5 nitrogen and oxygen atoms in total. The number of ether oxygens (including phenoxy) is 1. The van der Waals surface area contributed by atoms with E-state index in [4.69, 9.17) is 4.74 Å². The maximum Gasteiger partial charge on any atom is 0.180 e. The molecule has 2 aromatic heterocycles. The van der Waals surface area contributed by atoms with E-state index in [1.165, 1.54) is 0 Å². The molecule has 0 fully saturated rings. The van der Waals surface area contributed by atoms with Gasteiger partial charge in [0.05, 0.1) is 11.9 Å². The molecule has 0 radical (unpaired) electrons. The van der Waals surface area contributed by atoms with Crippen molar-refractivity contribution in [2.75, 3.05) is 5.32 Å². The van der Waals surface area contributed by atoms with E-state index in [0.717, 1.165) is 29.3 Å². The van der Waals surface area contributed by atoms with Crippen molar-refractivity contribution in [1.82, 2.24) is 15.0 Å². The summed E-state index contributed by atoms with van der Waals surface area (Å²) in [7, 11) is 0. The van der Waals surface area contributed by atoms with Gasteiger partial charge in [-0.15, -0.1) is 0 Å². The van der Waals surface area contributed by atoms with Crippen LogP contribution < -0.4 is 10.1 Å². The molecule has 1 aromatic carbocycles. The molecule has 0 aliphatic carbocycles. The van der Waals surface area contributed by atoms with Gasteiger partial charge in [0, 0.05) is 17.6 Å². The molecular formula is C21H24N4O. The van der Waals surface area contributed by atoms with Crippen molar-refractivity contribution in [3.05, 3.63) is 60.8 Å². The number of anilines is 1. The van der Waals surface area contributed by atoms with Gasteiger partial charge in [-0.2, -0.15) is 0 Å². The average Bonchev–Trinajstić information content (AvgIpc) is 2.67. The molecule has 2 heterocycles. The number of nitrogens with one attached hydrogen (secondary N) is 1. The SMILES string of the molecule is C=Cc1ncc(OCc2nccc3ccccc23)c(N[C@@H](C)CCC)n1. The number of fused-ring (bicyclic) bond motifs is 1. The second-order valence-corrected chi connectivity index (χ2v) is 6.25. The van der Waals surface area contributed by atoms with Gasteiger partial charge < -0.3 is 10.1 Å². The third kappa shape index (κ3) is 4.17. The number of hydrogen-bond acceptors (Lipinski definition) is 5. The van der Waals surface area contributed by atoms with Crippen LogP contribution in [0.15, 0.2) is 49.3 Å².